The highest BCUT2D eigenvalue weighted by Crippen LogP contribution is 2.55. The van der Waals surface area contributed by atoms with Gasteiger partial charge in [-0.25, -0.2) is 0 Å². The lowest BCUT2D eigenvalue weighted by Gasteiger charge is -2.58. The summed E-state index contributed by atoms with van der Waals surface area (Å²) >= 11 is 1.95. The Balaban J connectivity index is 1.02. The molecule has 7 heteroatoms. The predicted octanol–water partition coefficient (Wildman–Crippen LogP) is 2.91. The number of fused-ring (bicyclic) bond motifs is 1. The minimum absolute atomic E-state index is 0.171. The molecular formula is C27H41N5OS. The van der Waals surface area contributed by atoms with Crippen molar-refractivity contribution in [3.63, 3.8) is 0 Å². The lowest BCUT2D eigenvalue weighted by molar-refractivity contribution is -0.0794. The van der Waals surface area contributed by atoms with Gasteiger partial charge in [0.25, 0.3) is 5.91 Å². The summed E-state index contributed by atoms with van der Waals surface area (Å²) in [6, 6.07) is 1.46. The van der Waals surface area contributed by atoms with Crippen molar-refractivity contribution in [2.24, 2.45) is 30.7 Å². The standard InChI is InChI=1S/C27H41N5OS/c1-29-24-3-2-22(17-23(24)25(28-29)27(33)32-8-10-34-11-9-32)30-4-6-31(7-5-30)26-20-13-18-12-19(15-20)16-21(26)14-18/h18-22,26H,2-17H2,1H3/t18?,19?,20?,21?,22-,26?/m0/s1. The summed E-state index contributed by atoms with van der Waals surface area (Å²) in [5, 5.41) is 4.75. The van der Waals surface area contributed by atoms with E-state index in [4.69, 9.17) is 5.10 Å². The molecule has 1 aromatic heterocycles. The molecule has 1 aromatic rings. The summed E-state index contributed by atoms with van der Waals surface area (Å²) < 4.78 is 2.00. The Kier molecular flexibility index (Phi) is 5.74. The number of hydrogen-bond donors (Lipinski definition) is 0. The molecule has 6 fully saturated rings. The normalized spacial score (nSPS) is 38.3. The molecule has 8 rings (SSSR count). The number of amides is 1. The SMILES string of the molecule is Cn1nc(C(=O)N2CCSCC2)c2c1CC[C@H](N1CCN(C3C4CC5CC(C4)CC3C5)CC1)C2. The zero-order valence-electron chi connectivity index (χ0n) is 20.8. The van der Waals surface area contributed by atoms with Crippen LogP contribution in [-0.2, 0) is 19.9 Å². The molecule has 5 aliphatic carbocycles. The van der Waals surface area contributed by atoms with Gasteiger partial charge in [0.2, 0.25) is 0 Å². The van der Waals surface area contributed by atoms with E-state index in [1.54, 1.807) is 6.42 Å². The number of piperazine rings is 1. The Morgan fingerprint density at radius 1 is 0.882 bits per heavy atom. The molecule has 1 amide bonds. The van der Waals surface area contributed by atoms with Gasteiger partial charge >= 0.3 is 0 Å². The largest absolute Gasteiger partial charge is 0.336 e. The van der Waals surface area contributed by atoms with Crippen molar-refractivity contribution in [1.29, 1.82) is 0 Å². The first-order valence-corrected chi connectivity index (χ1v) is 15.2. The fourth-order valence-electron chi connectivity index (χ4n) is 9.06. The van der Waals surface area contributed by atoms with Crippen molar-refractivity contribution in [2.45, 2.75) is 63.5 Å². The number of carbonyl (C=O) groups excluding carboxylic acids is 1. The summed E-state index contributed by atoms with van der Waals surface area (Å²) in [5.41, 5.74) is 3.31. The number of aromatic nitrogens is 2. The van der Waals surface area contributed by atoms with Crippen molar-refractivity contribution < 1.29 is 4.79 Å². The van der Waals surface area contributed by atoms with Crippen LogP contribution in [-0.4, -0.2) is 93.2 Å². The number of hydrogen-bond acceptors (Lipinski definition) is 5. The van der Waals surface area contributed by atoms with Gasteiger partial charge in [0, 0.05) is 81.2 Å². The molecule has 0 N–H and O–H groups in total. The minimum Gasteiger partial charge on any atom is -0.336 e. The Hall–Kier alpha value is -1.05. The predicted molar refractivity (Wildman–Crippen MR) is 136 cm³/mol. The summed E-state index contributed by atoms with van der Waals surface area (Å²) in [5.74, 6) is 6.40. The Morgan fingerprint density at radius 3 is 2.21 bits per heavy atom. The van der Waals surface area contributed by atoms with Gasteiger partial charge in [-0.2, -0.15) is 16.9 Å². The Morgan fingerprint density at radius 2 is 1.53 bits per heavy atom. The Bertz CT molecular complexity index is 904. The van der Waals surface area contributed by atoms with E-state index in [0.29, 0.717) is 6.04 Å². The van der Waals surface area contributed by atoms with E-state index >= 15 is 0 Å². The van der Waals surface area contributed by atoms with E-state index in [-0.39, 0.29) is 5.91 Å². The van der Waals surface area contributed by atoms with Crippen LogP contribution in [0.25, 0.3) is 0 Å². The highest BCUT2D eigenvalue weighted by Gasteiger charge is 2.50. The van der Waals surface area contributed by atoms with Crippen LogP contribution in [0.4, 0.5) is 0 Å². The van der Waals surface area contributed by atoms with E-state index < -0.39 is 0 Å². The first kappa shape index (κ1) is 22.2. The summed E-state index contributed by atoms with van der Waals surface area (Å²) in [7, 11) is 2.03. The number of thioether (sulfide) groups is 1. The summed E-state index contributed by atoms with van der Waals surface area (Å²) in [6.07, 6.45) is 10.9. The van der Waals surface area contributed by atoms with Gasteiger partial charge in [-0.15, -0.1) is 0 Å². The molecule has 1 atom stereocenters. The van der Waals surface area contributed by atoms with Crippen LogP contribution in [0.15, 0.2) is 0 Å². The zero-order chi connectivity index (χ0) is 22.8. The van der Waals surface area contributed by atoms with Gasteiger partial charge in [-0.05, 0) is 75.0 Å². The fourth-order valence-corrected chi connectivity index (χ4v) is 9.97. The zero-order valence-corrected chi connectivity index (χ0v) is 21.6. The molecule has 7 aliphatic rings. The summed E-state index contributed by atoms with van der Waals surface area (Å²) in [6.45, 7) is 6.64. The molecule has 3 heterocycles. The topological polar surface area (TPSA) is 44.6 Å². The summed E-state index contributed by atoms with van der Waals surface area (Å²) in [4.78, 5) is 21.0. The lowest BCUT2D eigenvalue weighted by atomic mass is 9.54. The molecule has 6 nitrogen and oxygen atoms in total. The second-order valence-corrected chi connectivity index (χ2v) is 13.4. The third kappa shape index (κ3) is 3.76. The molecule has 186 valence electrons. The molecule has 0 radical (unpaired) electrons. The van der Waals surface area contributed by atoms with Gasteiger partial charge in [0.15, 0.2) is 5.69 Å². The molecule has 0 unspecified atom stereocenters. The van der Waals surface area contributed by atoms with Crippen LogP contribution < -0.4 is 0 Å². The van der Waals surface area contributed by atoms with Gasteiger partial charge in [0.1, 0.15) is 0 Å². The number of aryl methyl sites for hydroxylation is 1. The average molecular weight is 484 g/mol. The van der Waals surface area contributed by atoms with Crippen LogP contribution in [0, 0.1) is 23.7 Å². The van der Waals surface area contributed by atoms with E-state index in [2.05, 4.69) is 9.80 Å². The first-order valence-electron chi connectivity index (χ1n) is 14.0. The van der Waals surface area contributed by atoms with Gasteiger partial charge < -0.3 is 4.90 Å². The smallest absolute Gasteiger partial charge is 0.274 e. The van der Waals surface area contributed by atoms with Gasteiger partial charge in [-0.1, -0.05) is 0 Å². The van der Waals surface area contributed by atoms with E-state index in [1.165, 1.54) is 69.5 Å². The van der Waals surface area contributed by atoms with E-state index in [1.807, 2.05) is 28.4 Å². The van der Waals surface area contributed by atoms with Crippen molar-refractivity contribution in [2.75, 3.05) is 50.8 Å². The van der Waals surface area contributed by atoms with Gasteiger partial charge in [0.05, 0.1) is 0 Å². The van der Waals surface area contributed by atoms with Crippen LogP contribution >= 0.6 is 11.8 Å². The van der Waals surface area contributed by atoms with E-state index in [0.717, 1.165) is 72.8 Å². The third-order valence-electron chi connectivity index (χ3n) is 10.4. The van der Waals surface area contributed by atoms with Crippen LogP contribution in [0.5, 0.6) is 0 Å². The maximum Gasteiger partial charge on any atom is 0.274 e. The molecule has 2 aliphatic heterocycles. The minimum atomic E-state index is 0.171. The van der Waals surface area contributed by atoms with Crippen molar-refractivity contribution in [1.82, 2.24) is 24.5 Å². The number of rotatable bonds is 3. The first-order chi connectivity index (χ1) is 16.6. The van der Waals surface area contributed by atoms with Crippen LogP contribution in [0.3, 0.4) is 0 Å². The molecule has 34 heavy (non-hydrogen) atoms. The highest BCUT2D eigenvalue weighted by atomic mass is 32.2. The van der Waals surface area contributed by atoms with Crippen molar-refractivity contribution in [3.05, 3.63) is 17.0 Å². The number of carbonyl (C=O) groups is 1. The highest BCUT2D eigenvalue weighted by molar-refractivity contribution is 7.99. The quantitative estimate of drug-likeness (QED) is 0.662. The van der Waals surface area contributed by atoms with Crippen LogP contribution in [0.2, 0.25) is 0 Å². The number of nitrogens with zero attached hydrogens (tertiary/aromatic N) is 5. The fraction of sp³-hybridized carbons (Fsp3) is 0.852. The van der Waals surface area contributed by atoms with Crippen LogP contribution in [0.1, 0.15) is 60.3 Å². The molecule has 4 saturated carbocycles. The maximum absolute atomic E-state index is 13.3. The monoisotopic (exact) mass is 483 g/mol. The molecule has 0 aromatic carbocycles. The lowest BCUT2D eigenvalue weighted by Crippen LogP contribution is -2.61. The second-order valence-electron chi connectivity index (χ2n) is 12.2. The Labute approximate surface area is 208 Å². The second kappa shape index (κ2) is 8.81. The molecule has 0 spiro atoms. The van der Waals surface area contributed by atoms with Crippen molar-refractivity contribution in [3.8, 4) is 0 Å². The maximum atomic E-state index is 13.3. The molecule has 4 bridgehead atoms. The van der Waals surface area contributed by atoms with E-state index in [9.17, 15) is 4.79 Å². The third-order valence-corrected chi connectivity index (χ3v) is 11.3. The molecule has 2 saturated heterocycles. The molecular weight excluding hydrogens is 442 g/mol. The van der Waals surface area contributed by atoms with Crippen molar-refractivity contribution >= 4 is 17.7 Å². The average Bonchev–Trinajstić information content (AvgIpc) is 3.19. The van der Waals surface area contributed by atoms with Gasteiger partial charge in [-0.3, -0.25) is 19.3 Å².